The molecule has 2 aromatic heterocycles. The molecule has 7 nitrogen and oxygen atoms in total. The zero-order chi connectivity index (χ0) is 21.8. The number of fused-ring (bicyclic) bond motifs is 2. The molecule has 1 N–H and O–H groups in total. The summed E-state index contributed by atoms with van der Waals surface area (Å²) in [4.78, 5) is 7.03. The Labute approximate surface area is 198 Å². The Morgan fingerprint density at radius 3 is 2.71 bits per heavy atom. The Morgan fingerprint density at radius 1 is 1.23 bits per heavy atom. The molecule has 31 heavy (non-hydrogen) atoms. The van der Waals surface area contributed by atoms with E-state index >= 15 is 0 Å². The van der Waals surface area contributed by atoms with Gasteiger partial charge in [0.2, 0.25) is 5.95 Å². The zero-order valence-electron chi connectivity index (χ0n) is 18.0. The monoisotopic (exact) mass is 550 g/mol. The SMILES string of the molecule is CC(C)(C)S(=O)N[C@@H]1c2ccccc2CC12CCN(c1ncc(I)c3nncn13)CC2. The topological polar surface area (TPSA) is 75.4 Å². The molecule has 1 spiro atoms. The van der Waals surface area contributed by atoms with E-state index in [1.807, 2.05) is 31.4 Å². The Hall–Kier alpha value is -1.59. The number of hydrogen-bond donors (Lipinski definition) is 1. The zero-order valence-corrected chi connectivity index (χ0v) is 21.0. The molecule has 1 unspecified atom stereocenters. The lowest BCUT2D eigenvalue weighted by Gasteiger charge is -2.44. The number of nitrogens with zero attached hydrogens (tertiary/aromatic N) is 5. The number of halogens is 1. The molecular weight excluding hydrogens is 523 g/mol. The summed E-state index contributed by atoms with van der Waals surface area (Å²) in [6, 6.07) is 8.75. The fourth-order valence-corrected chi connectivity index (χ4v) is 6.34. The average molecular weight is 550 g/mol. The molecular formula is C22H27IN6OS. The molecule has 1 saturated heterocycles. The molecule has 1 aliphatic heterocycles. The van der Waals surface area contributed by atoms with Crippen LogP contribution in [0.5, 0.6) is 0 Å². The van der Waals surface area contributed by atoms with Gasteiger partial charge in [0.25, 0.3) is 0 Å². The van der Waals surface area contributed by atoms with Crippen LogP contribution >= 0.6 is 22.6 Å². The highest BCUT2D eigenvalue weighted by atomic mass is 127. The van der Waals surface area contributed by atoms with Gasteiger partial charge in [-0.15, -0.1) is 10.2 Å². The van der Waals surface area contributed by atoms with Crippen molar-refractivity contribution in [2.24, 2.45) is 5.41 Å². The summed E-state index contributed by atoms with van der Waals surface area (Å²) in [5, 5.41) is 8.32. The standard InChI is InChI=1S/C22H27IN6OS/c1-21(2,3)31(30)27-18-16-7-5-4-6-15(16)12-22(18)8-10-28(11-9-22)20-24-13-17(23)19-26-25-14-29(19)20/h4-7,13-14,18,27H,8-12H2,1-3H3/t18-,31?/m1/s1. The second kappa shape index (κ2) is 7.77. The predicted octanol–water partition coefficient (Wildman–Crippen LogP) is 3.66. The number of benzene rings is 1. The van der Waals surface area contributed by atoms with E-state index in [1.54, 1.807) is 6.33 Å². The lowest BCUT2D eigenvalue weighted by molar-refractivity contribution is 0.177. The maximum Gasteiger partial charge on any atom is 0.212 e. The molecule has 1 fully saturated rings. The van der Waals surface area contributed by atoms with Gasteiger partial charge in [0.1, 0.15) is 6.33 Å². The van der Waals surface area contributed by atoms with Crippen molar-refractivity contribution in [3.63, 3.8) is 0 Å². The van der Waals surface area contributed by atoms with Crippen molar-refractivity contribution in [2.45, 2.75) is 50.8 Å². The lowest BCUT2D eigenvalue weighted by atomic mass is 9.73. The molecule has 2 aliphatic rings. The highest BCUT2D eigenvalue weighted by molar-refractivity contribution is 14.1. The Bertz CT molecular complexity index is 1150. The first-order valence-corrected chi connectivity index (χ1v) is 12.9. The van der Waals surface area contributed by atoms with E-state index in [2.05, 4.69) is 66.7 Å². The quantitative estimate of drug-likeness (QED) is 0.504. The molecule has 5 rings (SSSR count). The van der Waals surface area contributed by atoms with Gasteiger partial charge in [-0.3, -0.25) is 4.40 Å². The Kier molecular flexibility index (Phi) is 5.33. The van der Waals surface area contributed by atoms with Crippen LogP contribution in [0.2, 0.25) is 0 Å². The fraction of sp³-hybridized carbons (Fsp3) is 0.500. The van der Waals surface area contributed by atoms with Crippen molar-refractivity contribution in [1.82, 2.24) is 24.3 Å². The third kappa shape index (κ3) is 3.68. The van der Waals surface area contributed by atoms with Gasteiger partial charge < -0.3 is 4.90 Å². The van der Waals surface area contributed by atoms with Gasteiger partial charge in [-0.1, -0.05) is 24.3 Å². The third-order valence-electron chi connectivity index (χ3n) is 6.61. The van der Waals surface area contributed by atoms with E-state index in [9.17, 15) is 4.21 Å². The largest absolute Gasteiger partial charge is 0.342 e. The van der Waals surface area contributed by atoms with Crippen LogP contribution in [0.25, 0.3) is 5.65 Å². The molecule has 3 heterocycles. The van der Waals surface area contributed by atoms with Gasteiger partial charge in [0, 0.05) is 19.3 Å². The van der Waals surface area contributed by atoms with Crippen LogP contribution in [0.15, 0.2) is 36.8 Å². The van der Waals surface area contributed by atoms with E-state index in [4.69, 9.17) is 4.98 Å². The first-order chi connectivity index (χ1) is 14.8. The van der Waals surface area contributed by atoms with Gasteiger partial charge in [0.15, 0.2) is 5.65 Å². The number of piperidine rings is 1. The van der Waals surface area contributed by atoms with Crippen LogP contribution in [-0.4, -0.2) is 41.6 Å². The second-order valence-corrected chi connectivity index (χ2v) is 12.7. The highest BCUT2D eigenvalue weighted by Gasteiger charge is 2.49. The number of aromatic nitrogens is 4. The maximum atomic E-state index is 13.1. The normalized spacial score (nSPS) is 21.5. The van der Waals surface area contributed by atoms with Crippen LogP contribution in [0.1, 0.15) is 50.8 Å². The van der Waals surface area contributed by atoms with Gasteiger partial charge in [0.05, 0.1) is 25.3 Å². The van der Waals surface area contributed by atoms with Gasteiger partial charge in [-0.05, 0) is 79.2 Å². The first-order valence-electron chi connectivity index (χ1n) is 10.6. The molecule has 1 aliphatic carbocycles. The smallest absolute Gasteiger partial charge is 0.212 e. The average Bonchev–Trinajstić information content (AvgIpc) is 3.33. The minimum Gasteiger partial charge on any atom is -0.342 e. The summed E-state index contributed by atoms with van der Waals surface area (Å²) in [6.07, 6.45) is 6.66. The van der Waals surface area contributed by atoms with Crippen LogP contribution < -0.4 is 9.62 Å². The Morgan fingerprint density at radius 2 is 1.97 bits per heavy atom. The molecule has 3 aromatic rings. The van der Waals surface area contributed by atoms with Gasteiger partial charge in [-0.25, -0.2) is 13.9 Å². The van der Waals surface area contributed by atoms with Crippen LogP contribution in [0.3, 0.4) is 0 Å². The lowest BCUT2D eigenvalue weighted by Crippen LogP contribution is -2.48. The fourth-order valence-electron chi connectivity index (χ4n) is 4.89. The summed E-state index contributed by atoms with van der Waals surface area (Å²) in [5.74, 6) is 0.897. The van der Waals surface area contributed by atoms with Crippen molar-refractivity contribution >= 4 is 45.2 Å². The molecule has 9 heteroatoms. The molecule has 164 valence electrons. The third-order valence-corrected chi connectivity index (χ3v) is 8.94. The Balaban J connectivity index is 1.43. The number of hydrogen-bond acceptors (Lipinski definition) is 5. The molecule has 0 saturated carbocycles. The van der Waals surface area contributed by atoms with Crippen molar-refractivity contribution < 1.29 is 4.21 Å². The maximum absolute atomic E-state index is 13.1. The molecule has 0 amide bonds. The summed E-state index contributed by atoms with van der Waals surface area (Å²) in [5.41, 5.74) is 3.60. The van der Waals surface area contributed by atoms with Crippen LogP contribution in [0.4, 0.5) is 5.95 Å². The van der Waals surface area contributed by atoms with Gasteiger partial charge >= 0.3 is 0 Å². The minimum absolute atomic E-state index is 0.0661. The van der Waals surface area contributed by atoms with E-state index in [0.29, 0.717) is 0 Å². The van der Waals surface area contributed by atoms with Gasteiger partial charge in [-0.2, -0.15) is 0 Å². The van der Waals surface area contributed by atoms with E-state index in [0.717, 1.165) is 47.5 Å². The summed E-state index contributed by atoms with van der Waals surface area (Å²) < 4.78 is 19.3. The highest BCUT2D eigenvalue weighted by Crippen LogP contribution is 2.52. The first kappa shape index (κ1) is 21.3. The van der Waals surface area contributed by atoms with Crippen molar-refractivity contribution in [1.29, 1.82) is 0 Å². The van der Waals surface area contributed by atoms with Crippen LogP contribution in [-0.2, 0) is 17.4 Å². The summed E-state index contributed by atoms with van der Waals surface area (Å²) >= 11 is 2.25. The van der Waals surface area contributed by atoms with Crippen LogP contribution in [0, 0.1) is 8.99 Å². The predicted molar refractivity (Wildman–Crippen MR) is 131 cm³/mol. The number of rotatable bonds is 3. The molecule has 0 bridgehead atoms. The summed E-state index contributed by atoms with van der Waals surface area (Å²) in [6.45, 7) is 7.88. The van der Waals surface area contributed by atoms with Crippen molar-refractivity contribution in [3.8, 4) is 0 Å². The van der Waals surface area contributed by atoms with Crippen molar-refractivity contribution in [2.75, 3.05) is 18.0 Å². The second-order valence-electron chi connectivity index (χ2n) is 9.59. The van der Waals surface area contributed by atoms with E-state index in [1.165, 1.54) is 11.1 Å². The molecule has 1 aromatic carbocycles. The molecule has 0 radical (unpaired) electrons. The number of anilines is 1. The van der Waals surface area contributed by atoms with E-state index in [-0.39, 0.29) is 16.2 Å². The molecule has 2 atom stereocenters. The van der Waals surface area contributed by atoms with Crippen molar-refractivity contribution in [3.05, 3.63) is 51.5 Å². The number of nitrogens with one attached hydrogen (secondary N) is 1. The minimum atomic E-state index is -1.12. The summed E-state index contributed by atoms with van der Waals surface area (Å²) in [7, 11) is -1.12. The van der Waals surface area contributed by atoms with E-state index < -0.39 is 11.0 Å².